The Kier molecular flexibility index (Phi) is 3.38. The van der Waals surface area contributed by atoms with Gasteiger partial charge in [-0.1, -0.05) is 0 Å². The van der Waals surface area contributed by atoms with Gasteiger partial charge in [-0.3, -0.25) is 9.38 Å². The summed E-state index contributed by atoms with van der Waals surface area (Å²) in [4.78, 5) is 8.79. The lowest BCUT2D eigenvalue weighted by Gasteiger charge is -2.13. The fourth-order valence-corrected chi connectivity index (χ4v) is 4.11. The van der Waals surface area contributed by atoms with Gasteiger partial charge in [0.1, 0.15) is 24.0 Å². The van der Waals surface area contributed by atoms with Gasteiger partial charge < -0.3 is 10.1 Å². The van der Waals surface area contributed by atoms with Crippen LogP contribution in [0.3, 0.4) is 0 Å². The van der Waals surface area contributed by atoms with E-state index in [0.717, 1.165) is 34.6 Å². The van der Waals surface area contributed by atoms with E-state index in [0.29, 0.717) is 29.6 Å². The Balaban J connectivity index is 1.36. The first kappa shape index (κ1) is 16.4. The van der Waals surface area contributed by atoms with Gasteiger partial charge in [0.25, 0.3) is 0 Å². The molecule has 1 unspecified atom stereocenters. The molecule has 0 amide bonds. The second-order valence-corrected chi connectivity index (χ2v) is 7.50. The average Bonchev–Trinajstić information content (AvgIpc) is 3.14. The van der Waals surface area contributed by atoms with Gasteiger partial charge >= 0.3 is 0 Å². The van der Waals surface area contributed by atoms with E-state index in [1.165, 1.54) is 6.07 Å². The van der Waals surface area contributed by atoms with Crippen LogP contribution in [0.2, 0.25) is 0 Å². The number of nitrogens with one attached hydrogen (secondary N) is 1. The summed E-state index contributed by atoms with van der Waals surface area (Å²) in [5.41, 5.74) is 5.06. The zero-order chi connectivity index (χ0) is 19.5. The van der Waals surface area contributed by atoms with Gasteiger partial charge in [0, 0.05) is 47.2 Å². The lowest BCUT2D eigenvalue weighted by atomic mass is 10.0. The fourth-order valence-electron chi connectivity index (χ4n) is 4.11. The van der Waals surface area contributed by atoms with Crippen LogP contribution >= 0.6 is 0 Å². The van der Waals surface area contributed by atoms with E-state index in [1.54, 1.807) is 29.2 Å². The summed E-state index contributed by atoms with van der Waals surface area (Å²) in [6.45, 7) is 2.25. The molecule has 3 aromatic heterocycles. The summed E-state index contributed by atoms with van der Waals surface area (Å²) in [7, 11) is 0. The number of anilines is 1. The van der Waals surface area contributed by atoms with E-state index < -0.39 is 0 Å². The maximum atomic E-state index is 14.6. The number of fused-ring (bicyclic) bond motifs is 4. The predicted molar refractivity (Wildman–Crippen MR) is 104 cm³/mol. The molecule has 29 heavy (non-hydrogen) atoms. The Labute approximate surface area is 165 Å². The number of aromatic nitrogens is 5. The standard InChI is InChI=1S/C21H17FN6O/c1-11-6-12(4-5-23-11)14-8-24-21(28-10-26-27-20(14)28)25-9-15-16(22)2-3-17-19(15)13-7-18(13)29-17/h2-6,8,10,13,18H,7,9H2,1H3,(H,24,25)/t13-,18?/m0/s1. The lowest BCUT2D eigenvalue weighted by molar-refractivity contribution is 0.318. The van der Waals surface area contributed by atoms with Gasteiger partial charge in [-0.25, -0.2) is 9.37 Å². The van der Waals surface area contributed by atoms with Crippen LogP contribution < -0.4 is 10.1 Å². The third-order valence-electron chi connectivity index (χ3n) is 5.60. The van der Waals surface area contributed by atoms with Crippen molar-refractivity contribution in [2.24, 2.45) is 0 Å². The molecule has 1 aliphatic heterocycles. The van der Waals surface area contributed by atoms with Crippen LogP contribution in [0.15, 0.2) is 43.0 Å². The highest BCUT2D eigenvalue weighted by atomic mass is 19.1. The van der Waals surface area contributed by atoms with Gasteiger partial charge in [0.05, 0.1) is 0 Å². The van der Waals surface area contributed by atoms with E-state index in [4.69, 9.17) is 4.74 Å². The lowest BCUT2D eigenvalue weighted by Crippen LogP contribution is -2.10. The van der Waals surface area contributed by atoms with E-state index in [1.807, 2.05) is 19.1 Å². The van der Waals surface area contributed by atoms with Crippen molar-refractivity contribution in [3.05, 3.63) is 65.6 Å². The van der Waals surface area contributed by atoms with Gasteiger partial charge in [0.2, 0.25) is 5.95 Å². The highest BCUT2D eigenvalue weighted by Crippen LogP contribution is 2.55. The van der Waals surface area contributed by atoms with Crippen LogP contribution in [0.5, 0.6) is 5.75 Å². The van der Waals surface area contributed by atoms with E-state index in [2.05, 4.69) is 25.5 Å². The summed E-state index contributed by atoms with van der Waals surface area (Å²) < 4.78 is 22.2. The van der Waals surface area contributed by atoms with Crippen LogP contribution in [0.1, 0.15) is 29.2 Å². The van der Waals surface area contributed by atoms with Gasteiger partial charge in [0.15, 0.2) is 5.65 Å². The van der Waals surface area contributed by atoms with Crippen molar-refractivity contribution in [2.45, 2.75) is 31.9 Å². The number of benzene rings is 1. The molecule has 2 atom stereocenters. The Bertz CT molecular complexity index is 1270. The molecule has 7 nitrogen and oxygen atoms in total. The Morgan fingerprint density at radius 1 is 1.28 bits per heavy atom. The first-order chi connectivity index (χ1) is 14.2. The van der Waals surface area contributed by atoms with Crippen LogP contribution in [0.4, 0.5) is 10.3 Å². The number of ether oxygens (including phenoxy) is 1. The molecule has 0 saturated heterocycles. The van der Waals surface area contributed by atoms with Crippen molar-refractivity contribution < 1.29 is 9.13 Å². The Hall–Kier alpha value is -3.55. The smallest absolute Gasteiger partial charge is 0.210 e. The highest BCUT2D eigenvalue weighted by molar-refractivity contribution is 5.77. The topological polar surface area (TPSA) is 77.2 Å². The third kappa shape index (κ3) is 2.55. The summed E-state index contributed by atoms with van der Waals surface area (Å²) in [6, 6.07) is 7.09. The monoisotopic (exact) mass is 388 g/mol. The molecular weight excluding hydrogens is 371 g/mol. The second kappa shape index (κ2) is 5.97. The van der Waals surface area contributed by atoms with Crippen LogP contribution in [-0.4, -0.2) is 30.7 Å². The zero-order valence-corrected chi connectivity index (χ0v) is 15.6. The van der Waals surface area contributed by atoms with Crippen molar-refractivity contribution in [1.29, 1.82) is 0 Å². The molecule has 1 saturated carbocycles. The minimum absolute atomic E-state index is 0.219. The summed E-state index contributed by atoms with van der Waals surface area (Å²) in [6.07, 6.45) is 6.31. The van der Waals surface area contributed by atoms with E-state index in [-0.39, 0.29) is 11.9 Å². The third-order valence-corrected chi connectivity index (χ3v) is 5.60. The summed E-state index contributed by atoms with van der Waals surface area (Å²) >= 11 is 0. The van der Waals surface area contributed by atoms with Gasteiger partial charge in [-0.15, -0.1) is 10.2 Å². The molecule has 0 bridgehead atoms. The molecule has 4 heterocycles. The average molecular weight is 388 g/mol. The molecule has 1 aromatic carbocycles. The fraction of sp³-hybridized carbons (Fsp3) is 0.238. The first-order valence-electron chi connectivity index (χ1n) is 9.52. The zero-order valence-electron chi connectivity index (χ0n) is 15.6. The Morgan fingerprint density at radius 3 is 3.10 bits per heavy atom. The largest absolute Gasteiger partial charge is 0.489 e. The predicted octanol–water partition coefficient (Wildman–Crippen LogP) is 3.49. The number of aryl methyl sites for hydroxylation is 1. The maximum Gasteiger partial charge on any atom is 0.210 e. The van der Waals surface area contributed by atoms with Crippen molar-refractivity contribution in [3.8, 4) is 16.9 Å². The number of halogens is 1. The molecule has 144 valence electrons. The molecule has 4 aromatic rings. The molecule has 1 N–H and O–H groups in total. The molecule has 8 heteroatoms. The van der Waals surface area contributed by atoms with Crippen molar-refractivity contribution >= 4 is 11.6 Å². The number of hydrogen-bond acceptors (Lipinski definition) is 6. The minimum atomic E-state index is -0.226. The molecule has 1 aliphatic carbocycles. The quantitative estimate of drug-likeness (QED) is 0.577. The van der Waals surface area contributed by atoms with Crippen molar-refractivity contribution in [3.63, 3.8) is 0 Å². The molecule has 0 spiro atoms. The summed E-state index contributed by atoms with van der Waals surface area (Å²) in [5, 5.41) is 11.5. The van der Waals surface area contributed by atoms with Crippen molar-refractivity contribution in [2.75, 3.05) is 5.32 Å². The normalized spacial score (nSPS) is 19.0. The SMILES string of the molecule is Cc1cc(-c2cnc(NCc3c(F)ccc4c3[C@H]3CC3O4)n3cnnc23)ccn1. The first-order valence-corrected chi connectivity index (χ1v) is 9.52. The van der Waals surface area contributed by atoms with Gasteiger partial charge in [-0.05, 0) is 43.2 Å². The highest BCUT2D eigenvalue weighted by Gasteiger charge is 2.49. The van der Waals surface area contributed by atoms with E-state index in [9.17, 15) is 4.39 Å². The van der Waals surface area contributed by atoms with Crippen LogP contribution in [-0.2, 0) is 6.54 Å². The number of pyridine rings is 1. The second-order valence-electron chi connectivity index (χ2n) is 7.50. The van der Waals surface area contributed by atoms with Gasteiger partial charge in [-0.2, -0.15) is 0 Å². The maximum absolute atomic E-state index is 14.6. The molecule has 0 radical (unpaired) electrons. The van der Waals surface area contributed by atoms with Crippen LogP contribution in [0, 0.1) is 12.7 Å². The minimum Gasteiger partial charge on any atom is -0.489 e. The number of nitrogens with zero attached hydrogens (tertiary/aromatic N) is 5. The molecular formula is C21H17FN6O. The Morgan fingerprint density at radius 2 is 2.21 bits per heavy atom. The van der Waals surface area contributed by atoms with E-state index >= 15 is 0 Å². The molecule has 6 rings (SSSR count). The molecule has 2 aliphatic rings. The van der Waals surface area contributed by atoms with Crippen LogP contribution in [0.25, 0.3) is 16.8 Å². The summed E-state index contributed by atoms with van der Waals surface area (Å²) in [5.74, 6) is 1.45. The number of rotatable bonds is 4. The molecule has 1 fully saturated rings. The van der Waals surface area contributed by atoms with Crippen molar-refractivity contribution in [1.82, 2.24) is 24.6 Å². The number of hydrogen-bond donors (Lipinski definition) is 1.